The van der Waals surface area contributed by atoms with Crippen LogP contribution in [0.25, 0.3) is 67.6 Å². The van der Waals surface area contributed by atoms with Gasteiger partial charge in [-0.2, -0.15) is 75.9 Å². The molecule has 2 aliphatic rings. The molecule has 14 heterocycles. The number of nitrogens with zero attached hydrogens (tertiary/aromatic N) is 23. The highest BCUT2D eigenvalue weighted by Crippen LogP contribution is 2.43. The average molecular weight is 2000 g/mol. The monoisotopic (exact) mass is 1990 g/mol. The number of hydrogen-bond acceptors (Lipinski definition) is 26. The van der Waals surface area contributed by atoms with Gasteiger partial charge in [0.2, 0.25) is 11.8 Å². The van der Waals surface area contributed by atoms with Crippen molar-refractivity contribution in [2.45, 2.75) is 57.3 Å². The van der Waals surface area contributed by atoms with Crippen molar-refractivity contribution in [3.8, 4) is 68.0 Å². The SMILES string of the molecule is CSc1ccc(OC(F)F)c(-c2nn(CC(=O)N3CCC(CN4CCN(CC(=O)N(C)C)CC4)CC3)cc2NC(=O)c2cnc3cccnn23)c1.Cn1cc(NC(=O)c2cnc3cccnn23)c(-c2cc(Cl)ccc2OC(F)F)n1.NCCn1cc(NC(=O)c2cnc3cccnn23)c(-c2cc(Cl)ccc2OC(F)F)n1.O=C(Nc1cn[nH]c1-c1cc(Cl)ccc1OC(F)F)c1cnc2cccnn12. The molecule has 0 saturated carbocycles. The Hall–Kier alpha value is -15.2. The van der Waals surface area contributed by atoms with Crippen LogP contribution in [0.15, 0.2) is 201 Å². The summed E-state index contributed by atoms with van der Waals surface area (Å²) in [5.41, 5.74) is 11.0. The number of likely N-dealkylation sites (tertiary alicyclic amines) is 1. The first-order valence-electron chi connectivity index (χ1n) is 42.1. The third-order valence-corrected chi connectivity index (χ3v) is 22.8. The van der Waals surface area contributed by atoms with Crippen LogP contribution >= 0.6 is 46.6 Å². The number of rotatable bonds is 29. The summed E-state index contributed by atoms with van der Waals surface area (Å²) < 4.78 is 132. The molecule has 2 saturated heterocycles. The molecule has 139 heavy (non-hydrogen) atoms. The van der Waals surface area contributed by atoms with E-state index in [1.807, 2.05) is 11.2 Å². The Bertz CT molecular complexity index is 7100. The van der Waals surface area contributed by atoms with Gasteiger partial charge in [-0.1, -0.05) is 34.8 Å². The van der Waals surface area contributed by atoms with Crippen molar-refractivity contribution >= 4 is 127 Å². The molecule has 6 amide bonds. The largest absolute Gasteiger partial charge is 0.434 e. The fourth-order valence-electron chi connectivity index (χ4n) is 14.9. The number of nitrogens with one attached hydrogen (secondary N) is 5. The maximum atomic E-state index is 13.5. The predicted molar refractivity (Wildman–Crippen MR) is 495 cm³/mol. The minimum atomic E-state index is -3.08. The Morgan fingerprint density at radius 1 is 0.475 bits per heavy atom. The summed E-state index contributed by atoms with van der Waals surface area (Å²) in [4.78, 5) is 103. The quantitative estimate of drug-likeness (QED) is 0.0187. The summed E-state index contributed by atoms with van der Waals surface area (Å²) in [6.45, 7) is -5.49. The number of H-pyrrole nitrogens is 1. The molecular weight excluding hydrogens is 1910 g/mol. The van der Waals surface area contributed by atoms with E-state index in [2.05, 4.69) is 111 Å². The molecule has 0 aliphatic carbocycles. The smallest absolute Gasteiger partial charge is 0.387 e. The number of hydrogen-bond donors (Lipinski definition) is 6. The number of aromatic nitrogens is 20. The van der Waals surface area contributed by atoms with E-state index in [-0.39, 0.29) is 143 Å². The lowest BCUT2D eigenvalue weighted by atomic mass is 9.96. The van der Waals surface area contributed by atoms with Crippen LogP contribution in [0, 0.1) is 5.92 Å². The van der Waals surface area contributed by atoms with Gasteiger partial charge < -0.3 is 60.6 Å². The Kier molecular flexibility index (Phi) is 31.6. The number of aromatic amines is 1. The number of fused-ring (bicyclic) bond motifs is 4. The van der Waals surface area contributed by atoms with Crippen molar-refractivity contribution in [1.82, 2.24) is 118 Å². The van der Waals surface area contributed by atoms with E-state index in [4.69, 9.17) is 45.3 Å². The molecule has 0 unspecified atom stereocenters. The van der Waals surface area contributed by atoms with Crippen LogP contribution in [0.2, 0.25) is 15.1 Å². The van der Waals surface area contributed by atoms with Crippen LogP contribution in [0.5, 0.6) is 23.0 Å². The molecule has 2 fully saturated rings. The molecule has 51 heteroatoms. The third kappa shape index (κ3) is 24.2. The van der Waals surface area contributed by atoms with E-state index < -0.39 is 50.1 Å². The average Bonchev–Trinajstić information content (AvgIpc) is 1.66. The summed E-state index contributed by atoms with van der Waals surface area (Å²) in [5.74, 6) is -2.10. The van der Waals surface area contributed by atoms with E-state index >= 15 is 0 Å². The van der Waals surface area contributed by atoms with Crippen LogP contribution in [-0.4, -0.2) is 259 Å². The Morgan fingerprint density at radius 3 is 1.28 bits per heavy atom. The Labute approximate surface area is 801 Å². The number of thioether (sulfide) groups is 1. The summed E-state index contributed by atoms with van der Waals surface area (Å²) in [6, 6.07) is 30.9. The van der Waals surface area contributed by atoms with Gasteiger partial charge in [0.1, 0.15) is 46.6 Å². The maximum absolute atomic E-state index is 13.5. The first kappa shape index (κ1) is 98.3. The second kappa shape index (κ2) is 44.7. The fraction of sp³-hybridized carbons (Fsp3) is 0.250. The highest BCUT2D eigenvalue weighted by Gasteiger charge is 2.32. The molecule has 12 aromatic heterocycles. The van der Waals surface area contributed by atoms with Crippen molar-refractivity contribution in [1.29, 1.82) is 0 Å². The fourth-order valence-corrected chi connectivity index (χ4v) is 15.9. The second-order valence-corrected chi connectivity index (χ2v) is 33.0. The lowest BCUT2D eigenvalue weighted by molar-refractivity contribution is -0.133. The lowest BCUT2D eigenvalue weighted by Crippen LogP contribution is -2.51. The number of piperidine rings is 1. The number of alkyl halides is 8. The van der Waals surface area contributed by atoms with Crippen molar-refractivity contribution in [3.05, 3.63) is 234 Å². The zero-order valence-electron chi connectivity index (χ0n) is 73.6. The van der Waals surface area contributed by atoms with Crippen molar-refractivity contribution in [2.75, 3.05) is 101 Å². The lowest BCUT2D eigenvalue weighted by Gasteiger charge is -2.38. The zero-order valence-corrected chi connectivity index (χ0v) is 76.7. The molecule has 16 aromatic rings. The highest BCUT2D eigenvalue weighted by molar-refractivity contribution is 7.98. The van der Waals surface area contributed by atoms with Crippen LogP contribution in [-0.2, 0) is 29.7 Å². The topological polar surface area (TPSA) is 429 Å². The molecule has 0 radical (unpaired) electrons. The van der Waals surface area contributed by atoms with Gasteiger partial charge in [0, 0.05) is 159 Å². The summed E-state index contributed by atoms with van der Waals surface area (Å²) in [6.07, 6.45) is 21.2. The number of carbonyl (C=O) groups excluding carboxylic acids is 6. The summed E-state index contributed by atoms with van der Waals surface area (Å²) in [5, 5.41) is 48.1. The van der Waals surface area contributed by atoms with Crippen LogP contribution in [0.4, 0.5) is 57.9 Å². The molecule has 4 aromatic carbocycles. The number of carbonyl (C=O) groups is 6. The zero-order chi connectivity index (χ0) is 98.2. The first-order chi connectivity index (χ1) is 67.0. The molecule has 722 valence electrons. The molecule has 18 rings (SSSR count). The number of aryl methyl sites for hydroxylation is 1. The molecule has 0 atom stereocenters. The van der Waals surface area contributed by atoms with Gasteiger partial charge in [-0.3, -0.25) is 52.8 Å². The van der Waals surface area contributed by atoms with E-state index in [0.717, 1.165) is 50.5 Å². The summed E-state index contributed by atoms with van der Waals surface area (Å²) >= 11 is 19.5. The number of halogens is 11. The van der Waals surface area contributed by atoms with Gasteiger partial charge >= 0.3 is 26.4 Å². The van der Waals surface area contributed by atoms with Gasteiger partial charge in [0.05, 0.1) is 72.5 Å². The number of anilines is 4. The number of amides is 6. The number of ether oxygens (including phenoxy) is 4. The molecule has 39 nitrogen and oxygen atoms in total. The van der Waals surface area contributed by atoms with E-state index in [0.29, 0.717) is 64.7 Å². The predicted octanol–water partition coefficient (Wildman–Crippen LogP) is 13.4. The molecule has 7 N–H and O–H groups in total. The minimum Gasteiger partial charge on any atom is -0.434 e. The molecule has 0 bridgehead atoms. The second-order valence-electron chi connectivity index (χ2n) is 30.8. The molecule has 0 spiro atoms. The molecular formula is C88H82Cl3F8N29O10S. The van der Waals surface area contributed by atoms with Gasteiger partial charge in [-0.15, -0.1) is 11.8 Å². The highest BCUT2D eigenvalue weighted by atomic mass is 35.5. The van der Waals surface area contributed by atoms with Gasteiger partial charge in [-0.05, 0) is 146 Å². The minimum absolute atomic E-state index is 0.106. The first-order valence-corrected chi connectivity index (χ1v) is 44.5. The van der Waals surface area contributed by atoms with Crippen molar-refractivity contribution in [2.24, 2.45) is 18.7 Å². The van der Waals surface area contributed by atoms with Crippen LogP contribution in [0.1, 0.15) is 54.8 Å². The number of likely N-dealkylation sites (N-methyl/N-ethyl adjacent to an activating group) is 1. The normalized spacial score (nSPS) is 13.0. The van der Waals surface area contributed by atoms with E-state index in [1.54, 1.807) is 92.9 Å². The summed E-state index contributed by atoms with van der Waals surface area (Å²) in [7, 11) is 5.18. The Morgan fingerprint density at radius 2 is 0.856 bits per heavy atom. The molecule has 2 aliphatic heterocycles. The number of piperazine rings is 1. The number of benzene rings is 4. The van der Waals surface area contributed by atoms with E-state index in [1.165, 1.54) is 173 Å². The standard InChI is InChI=1S/C34H42F2N10O4S.C19H16ClF2N7O2.C18H13ClF2N6O2.C17H11ClF2N6O2/c1-41(2)30(47)21-43-15-13-42(14-16-43)19-23-8-11-44(12-9-23)31(48)22-45-20-26(39-33(49)27-18-37-29-5-4-10-38-46(27)29)32(40-45)25-17-24(51-3)6-7-28(25)50-34(35)36;20-11-3-4-15(31-19(21)22)12(8-11)17-13(10-28(27-17)7-5-23)26-18(30)14-9-24-16-2-1-6-25-29(14)16;1-26-9-12(24-17(28)13-8-22-15-3-2-6-23-27(13)15)16(25-26)11-7-10(19)4-5-14(11)29-18(20)21;18-9-3-4-13(28-17(19)20)10(6-9)15-11(7-22-25-15)24-16(27)12-8-21-14-2-1-5-23-26(12)14/h4-7,10,17-18,20,23,34H,8-9,11-16,19,21-22H2,1-3H3,(H,39,49);1-4,6,8-10,19H,5,7,23H2,(H,26,30);2-9,18H,1H3,(H,24,28);1-8,17H,(H,22,25)(H,24,27). The number of imidazole rings is 4. The van der Waals surface area contributed by atoms with Crippen LogP contribution < -0.4 is 45.9 Å². The van der Waals surface area contributed by atoms with Gasteiger partial charge in [0.15, 0.2) is 45.4 Å². The van der Waals surface area contributed by atoms with Gasteiger partial charge in [0.25, 0.3) is 23.6 Å². The van der Waals surface area contributed by atoms with Crippen LogP contribution in [0.3, 0.4) is 0 Å². The van der Waals surface area contributed by atoms with Crippen molar-refractivity contribution in [3.63, 3.8) is 0 Å². The van der Waals surface area contributed by atoms with E-state index in [9.17, 15) is 63.9 Å². The Balaban J connectivity index is 0.000000145. The van der Waals surface area contributed by atoms with Crippen molar-refractivity contribution < 1.29 is 82.8 Å². The maximum Gasteiger partial charge on any atom is 0.387 e. The van der Waals surface area contributed by atoms with Gasteiger partial charge in [-0.25, -0.2) is 38.0 Å². The number of nitrogens with two attached hydrogens (primary N) is 1. The third-order valence-electron chi connectivity index (χ3n) is 21.4.